The van der Waals surface area contributed by atoms with Crippen molar-refractivity contribution in [1.29, 1.82) is 0 Å². The minimum atomic E-state index is 0.692. The van der Waals surface area contributed by atoms with Gasteiger partial charge in [-0.1, -0.05) is 11.6 Å². The summed E-state index contributed by atoms with van der Waals surface area (Å²) in [5.74, 6) is 0.742. The Bertz CT molecular complexity index is 467. The van der Waals surface area contributed by atoms with Gasteiger partial charge in [0.05, 0.1) is 5.69 Å². The van der Waals surface area contributed by atoms with Gasteiger partial charge < -0.3 is 0 Å². The molecular formula is C9H7BrClN3. The van der Waals surface area contributed by atoms with Gasteiger partial charge in [0.25, 0.3) is 0 Å². The summed E-state index contributed by atoms with van der Waals surface area (Å²) in [6.45, 7) is 1.85. The summed E-state index contributed by atoms with van der Waals surface area (Å²) in [7, 11) is 0. The Hall–Kier alpha value is -0.870. The molecule has 0 fully saturated rings. The van der Waals surface area contributed by atoms with Gasteiger partial charge in [-0.25, -0.2) is 9.67 Å². The maximum Gasteiger partial charge on any atom is 0.147 e. The second kappa shape index (κ2) is 3.71. The fourth-order valence-electron chi connectivity index (χ4n) is 1.13. The third kappa shape index (κ3) is 1.81. The number of hydrogen-bond acceptors (Lipinski definition) is 2. The van der Waals surface area contributed by atoms with Gasteiger partial charge >= 0.3 is 0 Å². The van der Waals surface area contributed by atoms with E-state index in [1.807, 2.05) is 25.1 Å². The molecule has 0 atom stereocenters. The van der Waals surface area contributed by atoms with Gasteiger partial charge in [0.15, 0.2) is 0 Å². The molecule has 0 N–H and O–H groups in total. The van der Waals surface area contributed by atoms with Crippen molar-refractivity contribution in [3.8, 4) is 5.69 Å². The lowest BCUT2D eigenvalue weighted by Gasteiger charge is -2.03. The highest BCUT2D eigenvalue weighted by atomic mass is 79.9. The Morgan fingerprint density at radius 1 is 1.43 bits per heavy atom. The SMILES string of the molecule is Cc1ncn(-c2ccc(Cl)cc2Br)n1. The number of aromatic nitrogens is 3. The van der Waals surface area contributed by atoms with Crippen molar-refractivity contribution < 1.29 is 0 Å². The molecule has 0 bridgehead atoms. The van der Waals surface area contributed by atoms with Crippen molar-refractivity contribution in [2.45, 2.75) is 6.92 Å². The highest BCUT2D eigenvalue weighted by Crippen LogP contribution is 2.23. The average Bonchev–Trinajstić information content (AvgIpc) is 2.51. The number of benzene rings is 1. The van der Waals surface area contributed by atoms with Gasteiger partial charge in [0, 0.05) is 9.50 Å². The van der Waals surface area contributed by atoms with Crippen LogP contribution in [0.15, 0.2) is 29.0 Å². The standard InChI is InChI=1S/C9H7BrClN3/c1-6-12-5-14(13-6)9-3-2-7(11)4-8(9)10/h2-5H,1H3. The predicted molar refractivity (Wildman–Crippen MR) is 58.8 cm³/mol. The van der Waals surface area contributed by atoms with Gasteiger partial charge in [-0.05, 0) is 41.1 Å². The number of aryl methyl sites for hydroxylation is 1. The molecule has 2 rings (SSSR count). The molecule has 5 heteroatoms. The first kappa shape index (κ1) is 9.68. The molecule has 2 aromatic rings. The lowest BCUT2D eigenvalue weighted by Crippen LogP contribution is -1.95. The third-order valence-corrected chi connectivity index (χ3v) is 2.63. The third-order valence-electron chi connectivity index (χ3n) is 1.76. The molecule has 0 spiro atoms. The minimum absolute atomic E-state index is 0.692. The van der Waals surface area contributed by atoms with Crippen LogP contribution in [-0.2, 0) is 0 Å². The average molecular weight is 273 g/mol. The zero-order valence-electron chi connectivity index (χ0n) is 7.41. The fraction of sp³-hybridized carbons (Fsp3) is 0.111. The van der Waals surface area contributed by atoms with Gasteiger partial charge in [0.1, 0.15) is 12.2 Å². The number of halogens is 2. The molecule has 1 aromatic heterocycles. The Kier molecular flexibility index (Phi) is 2.56. The molecule has 0 aliphatic heterocycles. The Balaban J connectivity index is 2.52. The van der Waals surface area contributed by atoms with Crippen LogP contribution in [0, 0.1) is 6.92 Å². The van der Waals surface area contributed by atoms with Crippen LogP contribution in [0.2, 0.25) is 5.02 Å². The van der Waals surface area contributed by atoms with Crippen molar-refractivity contribution in [2.24, 2.45) is 0 Å². The lowest BCUT2D eigenvalue weighted by molar-refractivity contribution is 0.859. The molecule has 14 heavy (non-hydrogen) atoms. The van der Waals surface area contributed by atoms with Crippen LogP contribution >= 0.6 is 27.5 Å². The first-order valence-electron chi connectivity index (χ1n) is 4.00. The maximum absolute atomic E-state index is 5.83. The molecule has 0 radical (unpaired) electrons. The molecule has 0 saturated carbocycles. The van der Waals surface area contributed by atoms with Gasteiger partial charge in [-0.2, -0.15) is 5.10 Å². The quantitative estimate of drug-likeness (QED) is 0.799. The molecule has 0 amide bonds. The van der Waals surface area contributed by atoms with Crippen molar-refractivity contribution in [3.05, 3.63) is 39.8 Å². The van der Waals surface area contributed by atoms with Crippen molar-refractivity contribution in [2.75, 3.05) is 0 Å². The van der Waals surface area contributed by atoms with E-state index in [-0.39, 0.29) is 0 Å². The first-order chi connectivity index (χ1) is 6.66. The zero-order valence-corrected chi connectivity index (χ0v) is 9.75. The normalized spacial score (nSPS) is 10.5. The fourth-order valence-corrected chi connectivity index (χ4v) is 1.99. The van der Waals surface area contributed by atoms with Crippen LogP contribution in [-0.4, -0.2) is 14.8 Å². The molecule has 72 valence electrons. The van der Waals surface area contributed by atoms with E-state index in [9.17, 15) is 0 Å². The van der Waals surface area contributed by atoms with Crippen LogP contribution in [0.1, 0.15) is 5.82 Å². The summed E-state index contributed by atoms with van der Waals surface area (Å²) in [5, 5.41) is 4.90. The number of hydrogen-bond donors (Lipinski definition) is 0. The Morgan fingerprint density at radius 3 is 2.79 bits per heavy atom. The highest BCUT2D eigenvalue weighted by molar-refractivity contribution is 9.10. The Labute approximate surface area is 94.9 Å². The monoisotopic (exact) mass is 271 g/mol. The summed E-state index contributed by atoms with van der Waals surface area (Å²) in [6, 6.07) is 5.53. The minimum Gasteiger partial charge on any atom is -0.220 e. The largest absolute Gasteiger partial charge is 0.220 e. The summed E-state index contributed by atoms with van der Waals surface area (Å²) in [6.07, 6.45) is 1.67. The van der Waals surface area contributed by atoms with Crippen molar-refractivity contribution in [3.63, 3.8) is 0 Å². The van der Waals surface area contributed by atoms with E-state index in [0.29, 0.717) is 5.02 Å². The second-order valence-corrected chi connectivity index (χ2v) is 4.12. The smallest absolute Gasteiger partial charge is 0.147 e. The van der Waals surface area contributed by atoms with Crippen molar-refractivity contribution in [1.82, 2.24) is 14.8 Å². The summed E-state index contributed by atoms with van der Waals surface area (Å²) >= 11 is 9.25. The number of nitrogens with zero attached hydrogens (tertiary/aromatic N) is 3. The van der Waals surface area contributed by atoms with Gasteiger partial charge in [-0.15, -0.1) is 0 Å². The highest BCUT2D eigenvalue weighted by Gasteiger charge is 2.04. The van der Waals surface area contributed by atoms with Crippen LogP contribution in [0.4, 0.5) is 0 Å². The molecule has 1 aromatic carbocycles. The molecule has 0 aliphatic rings. The molecule has 1 heterocycles. The predicted octanol–water partition coefficient (Wildman–Crippen LogP) is 2.99. The van der Waals surface area contributed by atoms with E-state index in [2.05, 4.69) is 26.0 Å². The molecular weight excluding hydrogens is 265 g/mol. The van der Waals surface area contributed by atoms with E-state index >= 15 is 0 Å². The van der Waals surface area contributed by atoms with Crippen molar-refractivity contribution >= 4 is 27.5 Å². The molecule has 0 unspecified atom stereocenters. The first-order valence-corrected chi connectivity index (χ1v) is 5.17. The zero-order chi connectivity index (χ0) is 10.1. The van der Waals surface area contributed by atoms with E-state index in [1.54, 1.807) is 11.0 Å². The summed E-state index contributed by atoms with van der Waals surface area (Å²) in [4.78, 5) is 4.05. The molecule has 0 aliphatic carbocycles. The van der Waals surface area contributed by atoms with E-state index in [4.69, 9.17) is 11.6 Å². The topological polar surface area (TPSA) is 30.7 Å². The Morgan fingerprint density at radius 2 is 2.21 bits per heavy atom. The van der Waals surface area contributed by atoms with E-state index in [0.717, 1.165) is 16.0 Å². The summed E-state index contributed by atoms with van der Waals surface area (Å²) in [5.41, 5.74) is 0.926. The van der Waals surface area contributed by atoms with Gasteiger partial charge in [-0.3, -0.25) is 0 Å². The van der Waals surface area contributed by atoms with E-state index in [1.165, 1.54) is 0 Å². The molecule has 0 saturated heterocycles. The lowest BCUT2D eigenvalue weighted by atomic mass is 10.3. The van der Waals surface area contributed by atoms with Crippen LogP contribution in [0.25, 0.3) is 5.69 Å². The van der Waals surface area contributed by atoms with E-state index < -0.39 is 0 Å². The second-order valence-electron chi connectivity index (χ2n) is 2.83. The maximum atomic E-state index is 5.83. The number of rotatable bonds is 1. The van der Waals surface area contributed by atoms with Crippen LogP contribution in [0.5, 0.6) is 0 Å². The molecule has 3 nitrogen and oxygen atoms in total. The summed E-state index contributed by atoms with van der Waals surface area (Å²) < 4.78 is 2.60. The van der Waals surface area contributed by atoms with Gasteiger partial charge in [0.2, 0.25) is 0 Å². The van der Waals surface area contributed by atoms with Crippen LogP contribution in [0.3, 0.4) is 0 Å². The van der Waals surface area contributed by atoms with Crippen LogP contribution < -0.4 is 0 Å².